The van der Waals surface area contributed by atoms with Gasteiger partial charge in [0.05, 0.1) is 16.3 Å². The van der Waals surface area contributed by atoms with Crippen molar-refractivity contribution < 1.29 is 19.8 Å². The highest BCUT2D eigenvalue weighted by atomic mass is 35.5. The Bertz CT molecular complexity index is 667. The minimum atomic E-state index is -1.09. The molecule has 1 amide bonds. The zero-order valence-electron chi connectivity index (χ0n) is 10.1. The van der Waals surface area contributed by atoms with E-state index in [1.165, 1.54) is 42.5 Å². The summed E-state index contributed by atoms with van der Waals surface area (Å²) in [5, 5.41) is 20.7. The lowest BCUT2D eigenvalue weighted by atomic mass is 10.1. The fourth-order valence-electron chi connectivity index (χ4n) is 1.56. The van der Waals surface area contributed by atoms with Gasteiger partial charge in [0.15, 0.2) is 0 Å². The zero-order chi connectivity index (χ0) is 14.7. The molecule has 0 aliphatic carbocycles. The number of hydrogen-bond donors (Lipinski definition) is 3. The van der Waals surface area contributed by atoms with Crippen LogP contribution in [0.5, 0.6) is 5.75 Å². The molecule has 0 aliphatic rings. The molecule has 0 aliphatic heterocycles. The molecule has 0 radical (unpaired) electrons. The third kappa shape index (κ3) is 3.07. The molecule has 6 heteroatoms. The molecule has 0 heterocycles. The van der Waals surface area contributed by atoms with E-state index in [0.717, 1.165) is 0 Å². The van der Waals surface area contributed by atoms with Crippen LogP contribution >= 0.6 is 11.6 Å². The fourth-order valence-corrected chi connectivity index (χ4v) is 1.78. The van der Waals surface area contributed by atoms with Crippen LogP contribution in [0, 0.1) is 0 Å². The normalized spacial score (nSPS) is 10.1. The Labute approximate surface area is 119 Å². The van der Waals surface area contributed by atoms with E-state index in [1.54, 1.807) is 0 Å². The second-order valence-electron chi connectivity index (χ2n) is 4.00. The van der Waals surface area contributed by atoms with E-state index in [9.17, 15) is 9.59 Å². The summed E-state index contributed by atoms with van der Waals surface area (Å²) in [6.45, 7) is 0. The molecule has 0 atom stereocenters. The molecule has 0 aromatic heterocycles. The molecule has 0 unspecified atom stereocenters. The summed E-state index contributed by atoms with van der Waals surface area (Å²) in [7, 11) is 0. The van der Waals surface area contributed by atoms with Gasteiger partial charge in [-0.05, 0) is 42.5 Å². The van der Waals surface area contributed by atoms with Gasteiger partial charge in [-0.2, -0.15) is 0 Å². The van der Waals surface area contributed by atoms with Gasteiger partial charge in [-0.15, -0.1) is 0 Å². The number of anilines is 1. The lowest BCUT2D eigenvalue weighted by Gasteiger charge is -2.08. The number of phenols is 1. The van der Waals surface area contributed by atoms with E-state index in [2.05, 4.69) is 5.32 Å². The SMILES string of the molecule is O=C(O)c1ccc(NC(=O)c2ccc(O)cc2)c(Cl)c1. The van der Waals surface area contributed by atoms with Gasteiger partial charge in [-0.1, -0.05) is 11.6 Å². The van der Waals surface area contributed by atoms with Crippen molar-refractivity contribution in [2.24, 2.45) is 0 Å². The second-order valence-corrected chi connectivity index (χ2v) is 4.41. The van der Waals surface area contributed by atoms with Crippen LogP contribution in [0.2, 0.25) is 5.02 Å². The lowest BCUT2D eigenvalue weighted by molar-refractivity contribution is 0.0696. The first-order valence-corrected chi connectivity index (χ1v) is 5.98. The topological polar surface area (TPSA) is 86.6 Å². The molecule has 20 heavy (non-hydrogen) atoms. The Kier molecular flexibility index (Phi) is 3.91. The molecular weight excluding hydrogens is 282 g/mol. The predicted molar refractivity (Wildman–Crippen MR) is 74.5 cm³/mol. The monoisotopic (exact) mass is 291 g/mol. The summed E-state index contributed by atoms with van der Waals surface area (Å²) >= 11 is 5.91. The molecule has 0 saturated heterocycles. The first kappa shape index (κ1) is 13.9. The number of rotatable bonds is 3. The number of halogens is 1. The van der Waals surface area contributed by atoms with Crippen LogP contribution in [0.4, 0.5) is 5.69 Å². The Morgan fingerprint density at radius 3 is 2.15 bits per heavy atom. The number of carboxylic acid groups (broad SMARTS) is 1. The highest BCUT2D eigenvalue weighted by Gasteiger charge is 2.11. The predicted octanol–water partition coefficient (Wildman–Crippen LogP) is 3.00. The maximum absolute atomic E-state index is 11.9. The largest absolute Gasteiger partial charge is 0.508 e. The van der Waals surface area contributed by atoms with Crippen molar-refractivity contribution in [1.29, 1.82) is 0 Å². The number of nitrogens with one attached hydrogen (secondary N) is 1. The van der Waals surface area contributed by atoms with Gasteiger partial charge in [0.1, 0.15) is 5.75 Å². The van der Waals surface area contributed by atoms with E-state index >= 15 is 0 Å². The number of carboxylic acids is 1. The van der Waals surface area contributed by atoms with Crippen LogP contribution in [-0.2, 0) is 0 Å². The van der Waals surface area contributed by atoms with Crippen LogP contribution in [0.15, 0.2) is 42.5 Å². The number of carbonyl (C=O) groups excluding carboxylic acids is 1. The number of benzene rings is 2. The molecule has 0 fully saturated rings. The second kappa shape index (κ2) is 5.63. The van der Waals surface area contributed by atoms with Crippen molar-refractivity contribution in [1.82, 2.24) is 0 Å². The summed E-state index contributed by atoms with van der Waals surface area (Å²) in [6, 6.07) is 9.74. The highest BCUT2D eigenvalue weighted by molar-refractivity contribution is 6.34. The number of carbonyl (C=O) groups is 2. The van der Waals surface area contributed by atoms with E-state index in [1.807, 2.05) is 0 Å². The molecular formula is C14H10ClNO4. The molecule has 2 rings (SSSR count). The third-order valence-corrected chi connectivity index (χ3v) is 2.91. The van der Waals surface area contributed by atoms with E-state index in [0.29, 0.717) is 11.3 Å². The third-order valence-electron chi connectivity index (χ3n) is 2.59. The Morgan fingerprint density at radius 2 is 1.60 bits per heavy atom. The van der Waals surface area contributed by atoms with Crippen LogP contribution in [0.25, 0.3) is 0 Å². The average molecular weight is 292 g/mol. The molecule has 0 spiro atoms. The molecule has 5 nitrogen and oxygen atoms in total. The molecule has 0 saturated carbocycles. The fraction of sp³-hybridized carbons (Fsp3) is 0. The van der Waals surface area contributed by atoms with Crippen LogP contribution in [0.1, 0.15) is 20.7 Å². The van der Waals surface area contributed by atoms with Crippen molar-refractivity contribution in [3.05, 3.63) is 58.6 Å². The van der Waals surface area contributed by atoms with Gasteiger partial charge >= 0.3 is 5.97 Å². The van der Waals surface area contributed by atoms with Gasteiger partial charge in [0, 0.05) is 5.56 Å². The van der Waals surface area contributed by atoms with Crippen molar-refractivity contribution in [2.75, 3.05) is 5.32 Å². The van der Waals surface area contributed by atoms with Crippen LogP contribution in [-0.4, -0.2) is 22.1 Å². The molecule has 102 valence electrons. The van der Waals surface area contributed by atoms with Gasteiger partial charge in [0.2, 0.25) is 0 Å². The smallest absolute Gasteiger partial charge is 0.335 e. The Balaban J connectivity index is 2.19. The van der Waals surface area contributed by atoms with Crippen molar-refractivity contribution >= 4 is 29.2 Å². The number of aromatic carboxylic acids is 1. The van der Waals surface area contributed by atoms with Crippen molar-refractivity contribution in [3.8, 4) is 5.75 Å². The summed E-state index contributed by atoms with van der Waals surface area (Å²) in [5.41, 5.74) is 0.702. The van der Waals surface area contributed by atoms with Crippen molar-refractivity contribution in [3.63, 3.8) is 0 Å². The quantitative estimate of drug-likeness (QED) is 0.811. The molecule has 3 N–H and O–H groups in total. The first-order valence-electron chi connectivity index (χ1n) is 5.60. The van der Waals surface area contributed by atoms with Crippen LogP contribution in [0.3, 0.4) is 0 Å². The van der Waals surface area contributed by atoms with E-state index < -0.39 is 11.9 Å². The van der Waals surface area contributed by atoms with E-state index in [-0.39, 0.29) is 16.3 Å². The summed E-state index contributed by atoms with van der Waals surface area (Å²) in [6.07, 6.45) is 0. The Morgan fingerprint density at radius 1 is 1.00 bits per heavy atom. The van der Waals surface area contributed by atoms with Gasteiger partial charge in [0.25, 0.3) is 5.91 Å². The number of phenolic OH excluding ortho intramolecular Hbond substituents is 1. The van der Waals surface area contributed by atoms with E-state index in [4.69, 9.17) is 21.8 Å². The van der Waals surface area contributed by atoms with Gasteiger partial charge in [-0.25, -0.2) is 4.79 Å². The summed E-state index contributed by atoms with van der Waals surface area (Å²) in [5.74, 6) is -1.44. The minimum Gasteiger partial charge on any atom is -0.508 e. The van der Waals surface area contributed by atoms with Gasteiger partial charge < -0.3 is 15.5 Å². The standard InChI is InChI=1S/C14H10ClNO4/c15-11-7-9(14(19)20)3-6-12(11)16-13(18)8-1-4-10(17)5-2-8/h1-7,17H,(H,16,18)(H,19,20). The maximum atomic E-state index is 11.9. The number of aromatic hydroxyl groups is 1. The molecule has 2 aromatic carbocycles. The highest BCUT2D eigenvalue weighted by Crippen LogP contribution is 2.24. The van der Waals surface area contributed by atoms with Crippen LogP contribution < -0.4 is 5.32 Å². The zero-order valence-corrected chi connectivity index (χ0v) is 10.9. The number of amides is 1. The van der Waals surface area contributed by atoms with Crippen molar-refractivity contribution in [2.45, 2.75) is 0 Å². The van der Waals surface area contributed by atoms with Gasteiger partial charge in [-0.3, -0.25) is 4.79 Å². The maximum Gasteiger partial charge on any atom is 0.335 e. The summed E-state index contributed by atoms with van der Waals surface area (Å²) in [4.78, 5) is 22.7. The summed E-state index contributed by atoms with van der Waals surface area (Å²) < 4.78 is 0. The molecule has 0 bridgehead atoms. The average Bonchev–Trinajstić information content (AvgIpc) is 2.41. The number of hydrogen-bond acceptors (Lipinski definition) is 3. The first-order chi connectivity index (χ1) is 9.47. The lowest BCUT2D eigenvalue weighted by Crippen LogP contribution is -2.12. The minimum absolute atomic E-state index is 0.0395. The Hall–Kier alpha value is -2.53. The molecule has 2 aromatic rings.